The van der Waals surface area contributed by atoms with Gasteiger partial charge in [-0.15, -0.1) is 0 Å². The van der Waals surface area contributed by atoms with Crippen molar-refractivity contribution in [3.8, 4) is 5.75 Å². The van der Waals surface area contributed by atoms with E-state index in [0.717, 1.165) is 4.31 Å². The molecular formula is C17H19FN2O4S. The second-order valence-corrected chi connectivity index (χ2v) is 7.64. The molecule has 2 aromatic rings. The molecule has 25 heavy (non-hydrogen) atoms. The maximum absolute atomic E-state index is 14.3. The highest BCUT2D eigenvalue weighted by atomic mass is 32.2. The smallest absolute Gasteiger partial charge is 0.278 e. The van der Waals surface area contributed by atoms with E-state index in [1.807, 2.05) is 0 Å². The van der Waals surface area contributed by atoms with Crippen LogP contribution in [0.15, 0.2) is 48.5 Å². The summed E-state index contributed by atoms with van der Waals surface area (Å²) in [6.45, 7) is 0.219. The largest absolute Gasteiger partial charge is 0.470 e. The molecule has 1 aliphatic rings. The van der Waals surface area contributed by atoms with Crippen molar-refractivity contribution in [2.24, 2.45) is 0 Å². The molecular weight excluding hydrogens is 347 g/mol. The third-order valence-electron chi connectivity index (χ3n) is 3.90. The van der Waals surface area contributed by atoms with E-state index in [-0.39, 0.29) is 24.3 Å². The molecule has 0 bridgehead atoms. The number of nitrogens with one attached hydrogen (secondary N) is 1. The zero-order valence-electron chi connectivity index (χ0n) is 13.6. The Labute approximate surface area is 145 Å². The number of rotatable bonds is 5. The van der Waals surface area contributed by atoms with E-state index in [1.165, 1.54) is 18.2 Å². The summed E-state index contributed by atoms with van der Waals surface area (Å²) in [5.74, 6) is -0.334. The number of halogens is 1. The number of hydrogen-bond acceptors (Lipinski definition) is 5. The average Bonchev–Trinajstić information content (AvgIpc) is 2.57. The summed E-state index contributed by atoms with van der Waals surface area (Å²) in [6.07, 6.45) is -1.06. The van der Waals surface area contributed by atoms with Crippen LogP contribution in [0, 0.1) is 5.82 Å². The molecule has 0 fully saturated rings. The van der Waals surface area contributed by atoms with Gasteiger partial charge in [-0.1, -0.05) is 24.3 Å². The number of aliphatic hydroxyl groups excluding tert-OH is 1. The van der Waals surface area contributed by atoms with Crippen LogP contribution in [-0.2, 0) is 10.0 Å². The first-order chi connectivity index (χ1) is 11.9. The van der Waals surface area contributed by atoms with Crippen LogP contribution in [0.4, 0.5) is 15.8 Å². The molecule has 1 aliphatic heterocycles. The number of ether oxygens (including phenoxy) is 1. The Bertz CT molecular complexity index is 859. The minimum atomic E-state index is -4.08. The predicted octanol–water partition coefficient (Wildman–Crippen LogP) is 1.98. The van der Waals surface area contributed by atoms with Crippen molar-refractivity contribution in [3.63, 3.8) is 0 Å². The van der Waals surface area contributed by atoms with Gasteiger partial charge in [0.15, 0.2) is 0 Å². The van der Waals surface area contributed by atoms with Gasteiger partial charge in [0.25, 0.3) is 10.0 Å². The highest BCUT2D eigenvalue weighted by Crippen LogP contribution is 2.43. The molecule has 2 N–H and O–H groups in total. The maximum atomic E-state index is 14.3. The summed E-state index contributed by atoms with van der Waals surface area (Å²) in [5.41, 5.74) is -1.15. The maximum Gasteiger partial charge on any atom is 0.278 e. The molecule has 6 nitrogen and oxygen atoms in total. The Morgan fingerprint density at radius 3 is 2.52 bits per heavy atom. The molecule has 134 valence electrons. The van der Waals surface area contributed by atoms with Gasteiger partial charge in [-0.25, -0.2) is 17.1 Å². The van der Waals surface area contributed by atoms with Crippen LogP contribution in [0.25, 0.3) is 0 Å². The first kappa shape index (κ1) is 17.7. The summed E-state index contributed by atoms with van der Waals surface area (Å²) in [7, 11) is -2.43. The van der Waals surface area contributed by atoms with Gasteiger partial charge in [0.1, 0.15) is 11.6 Å². The lowest BCUT2D eigenvalue weighted by Gasteiger charge is -2.36. The van der Waals surface area contributed by atoms with Crippen LogP contribution >= 0.6 is 0 Å². The van der Waals surface area contributed by atoms with Crippen LogP contribution in [0.3, 0.4) is 0 Å². The van der Waals surface area contributed by atoms with Crippen LogP contribution in [0.5, 0.6) is 5.75 Å². The fraction of sp³-hybridized carbons (Fsp3) is 0.294. The average molecular weight is 366 g/mol. The molecule has 2 aromatic carbocycles. The molecule has 0 radical (unpaired) electrons. The third-order valence-corrected chi connectivity index (χ3v) is 5.76. The number of aliphatic hydroxyl groups is 1. The van der Waals surface area contributed by atoms with E-state index in [4.69, 9.17) is 4.74 Å². The van der Waals surface area contributed by atoms with E-state index in [1.54, 1.807) is 37.4 Å². The van der Waals surface area contributed by atoms with Crippen molar-refractivity contribution < 1.29 is 22.7 Å². The minimum Gasteiger partial charge on any atom is -0.470 e. The lowest BCUT2D eigenvalue weighted by molar-refractivity contribution is 0.124. The summed E-state index contributed by atoms with van der Waals surface area (Å²) >= 11 is 0. The second kappa shape index (κ2) is 6.99. The molecule has 0 aromatic heterocycles. The van der Waals surface area contributed by atoms with Crippen molar-refractivity contribution >= 4 is 21.4 Å². The number of likely N-dealkylation sites (N-methyl/N-ethyl adjacent to an activating group) is 1. The van der Waals surface area contributed by atoms with E-state index >= 15 is 0 Å². The molecule has 8 heteroatoms. The topological polar surface area (TPSA) is 78.9 Å². The molecule has 0 unspecified atom stereocenters. The summed E-state index contributed by atoms with van der Waals surface area (Å²) < 4.78 is 47.0. The number of hydrogen-bond donors (Lipinski definition) is 2. The van der Waals surface area contributed by atoms with E-state index in [0.29, 0.717) is 5.75 Å². The first-order valence-electron chi connectivity index (χ1n) is 7.82. The highest BCUT2D eigenvalue weighted by Gasteiger charge is 2.42. The zero-order chi connectivity index (χ0) is 18.0. The van der Waals surface area contributed by atoms with Crippen molar-refractivity contribution in [3.05, 3.63) is 54.3 Å². The van der Waals surface area contributed by atoms with E-state index in [9.17, 15) is 17.9 Å². The fourth-order valence-electron chi connectivity index (χ4n) is 2.78. The first-order valence-corrected chi connectivity index (χ1v) is 9.32. The Kier molecular flexibility index (Phi) is 4.94. The number of anilines is 2. The van der Waals surface area contributed by atoms with Gasteiger partial charge < -0.3 is 15.2 Å². The number of benzene rings is 2. The van der Waals surface area contributed by atoms with Gasteiger partial charge >= 0.3 is 0 Å². The zero-order valence-corrected chi connectivity index (χ0v) is 14.4. The molecule has 0 spiro atoms. The predicted molar refractivity (Wildman–Crippen MR) is 92.9 cm³/mol. The molecule has 3 rings (SSSR count). The summed E-state index contributed by atoms with van der Waals surface area (Å²) in [6, 6.07) is 12.2. The normalized spacial score (nSPS) is 19.8. The van der Waals surface area contributed by atoms with Crippen molar-refractivity contribution in [1.82, 2.24) is 5.32 Å². The van der Waals surface area contributed by atoms with Gasteiger partial charge in [0.05, 0.1) is 17.5 Å². The molecule has 0 saturated heterocycles. The van der Waals surface area contributed by atoms with E-state index < -0.39 is 27.4 Å². The Morgan fingerprint density at radius 2 is 1.84 bits per heavy atom. The minimum absolute atomic E-state index is 0.0774. The molecule has 0 aliphatic carbocycles. The molecule has 1 heterocycles. The SMILES string of the molecule is CNC[C@H](O)C[C@H]1Oc2ccccc2N(c2ccccc2F)S1(=O)=O. The Balaban J connectivity index is 2.10. The quantitative estimate of drug-likeness (QED) is 0.846. The second-order valence-electron chi connectivity index (χ2n) is 5.72. The molecule has 2 atom stereocenters. The van der Waals surface area contributed by atoms with Gasteiger partial charge in [-0.05, 0) is 31.3 Å². The lowest BCUT2D eigenvalue weighted by atomic mass is 10.2. The Hall–Kier alpha value is -2.16. The van der Waals surface area contributed by atoms with Crippen LogP contribution in [0.1, 0.15) is 6.42 Å². The van der Waals surface area contributed by atoms with Gasteiger partial charge in [-0.3, -0.25) is 0 Å². The molecule has 0 amide bonds. The monoisotopic (exact) mass is 366 g/mol. The van der Waals surface area contributed by atoms with E-state index in [2.05, 4.69) is 5.32 Å². The number of para-hydroxylation sites is 3. The van der Waals surface area contributed by atoms with Crippen LogP contribution in [-0.4, -0.2) is 38.7 Å². The number of nitrogens with zero attached hydrogens (tertiary/aromatic N) is 1. The van der Waals surface area contributed by atoms with Gasteiger partial charge in [0, 0.05) is 13.0 Å². The van der Waals surface area contributed by atoms with Crippen molar-refractivity contribution in [1.29, 1.82) is 0 Å². The summed E-state index contributed by atoms with van der Waals surface area (Å²) in [4.78, 5) is 0. The summed E-state index contributed by atoms with van der Waals surface area (Å²) in [5, 5.41) is 12.8. The standard InChI is InChI=1S/C17H19FN2O4S/c1-19-11-12(21)10-17-24-16-9-5-4-8-15(16)20(25(17,22)23)14-7-3-2-6-13(14)18/h2-9,12,17,19,21H,10-11H2,1H3/t12-,17+/m1/s1. The number of fused-ring (bicyclic) bond motifs is 1. The lowest BCUT2D eigenvalue weighted by Crippen LogP contribution is -2.45. The van der Waals surface area contributed by atoms with Gasteiger partial charge in [0.2, 0.25) is 5.44 Å². The van der Waals surface area contributed by atoms with Crippen molar-refractivity contribution in [2.75, 3.05) is 17.9 Å². The molecule has 0 saturated carbocycles. The van der Waals surface area contributed by atoms with Crippen LogP contribution < -0.4 is 14.4 Å². The Morgan fingerprint density at radius 1 is 1.20 bits per heavy atom. The number of sulfonamides is 1. The van der Waals surface area contributed by atoms with Crippen LogP contribution in [0.2, 0.25) is 0 Å². The van der Waals surface area contributed by atoms with Gasteiger partial charge in [-0.2, -0.15) is 0 Å². The highest BCUT2D eigenvalue weighted by molar-refractivity contribution is 7.93. The van der Waals surface area contributed by atoms with Crippen molar-refractivity contribution in [2.45, 2.75) is 18.0 Å². The fourth-order valence-corrected chi connectivity index (χ4v) is 4.55. The third kappa shape index (κ3) is 3.33.